The van der Waals surface area contributed by atoms with Crippen molar-refractivity contribution in [1.82, 2.24) is 0 Å². The van der Waals surface area contributed by atoms with Gasteiger partial charge >= 0.3 is 5.97 Å². The Morgan fingerprint density at radius 2 is 1.85 bits per heavy atom. The van der Waals surface area contributed by atoms with E-state index in [9.17, 15) is 9.59 Å². The second-order valence-corrected chi connectivity index (χ2v) is 10.4. The van der Waals surface area contributed by atoms with Gasteiger partial charge in [0.15, 0.2) is 17.3 Å². The van der Waals surface area contributed by atoms with Crippen LogP contribution in [0.3, 0.4) is 0 Å². The van der Waals surface area contributed by atoms with Gasteiger partial charge in [0.25, 0.3) is 0 Å². The summed E-state index contributed by atoms with van der Waals surface area (Å²) in [5, 5.41) is 0. The summed E-state index contributed by atoms with van der Waals surface area (Å²) in [6.45, 7) is 1.50. The average Bonchev–Trinajstić information content (AvgIpc) is 2.51. The molecule has 5 rings (SSSR count). The second-order valence-electron chi connectivity index (χ2n) is 8.68. The van der Waals surface area contributed by atoms with Gasteiger partial charge in [-0.25, -0.2) is 0 Å². The van der Waals surface area contributed by atoms with Gasteiger partial charge in [0.05, 0.1) is 13.5 Å². The second kappa shape index (κ2) is 6.36. The van der Waals surface area contributed by atoms with Crippen molar-refractivity contribution in [1.29, 1.82) is 0 Å². The summed E-state index contributed by atoms with van der Waals surface area (Å²) in [7, 11) is 1.52. The van der Waals surface area contributed by atoms with Crippen molar-refractivity contribution in [3.05, 3.63) is 23.8 Å². The topological polar surface area (TPSA) is 52.6 Å². The molecule has 0 spiro atoms. The van der Waals surface area contributed by atoms with Crippen LogP contribution in [0.5, 0.6) is 11.5 Å². The highest BCUT2D eigenvalue weighted by Gasteiger charge is 2.57. The number of alkyl halides is 1. The Morgan fingerprint density at radius 3 is 2.42 bits per heavy atom. The van der Waals surface area contributed by atoms with Gasteiger partial charge in [-0.05, 0) is 80.9 Å². The first-order chi connectivity index (χ1) is 12.3. The third kappa shape index (κ3) is 3.30. The number of carbonyl (C=O) groups is 2. The molecule has 5 heteroatoms. The smallest absolute Gasteiger partial charge is 0.311 e. The number of ketones is 1. The van der Waals surface area contributed by atoms with Crippen LogP contribution in [0.4, 0.5) is 0 Å². The van der Waals surface area contributed by atoms with E-state index in [1.54, 1.807) is 18.2 Å². The van der Waals surface area contributed by atoms with Crippen LogP contribution in [0.1, 0.15) is 62.2 Å². The van der Waals surface area contributed by atoms with Crippen molar-refractivity contribution in [3.63, 3.8) is 0 Å². The number of hydrogen-bond acceptors (Lipinski definition) is 4. The van der Waals surface area contributed by atoms with E-state index in [0.29, 0.717) is 23.5 Å². The van der Waals surface area contributed by atoms with Gasteiger partial charge in [-0.15, -0.1) is 0 Å². The van der Waals surface area contributed by atoms with E-state index in [-0.39, 0.29) is 21.5 Å². The molecule has 2 unspecified atom stereocenters. The zero-order valence-electron chi connectivity index (χ0n) is 15.3. The van der Waals surface area contributed by atoms with E-state index in [1.807, 2.05) is 0 Å². The summed E-state index contributed by atoms with van der Waals surface area (Å²) in [5.74, 6) is 2.06. The minimum atomic E-state index is -0.197. The largest absolute Gasteiger partial charge is 0.493 e. The van der Waals surface area contributed by atoms with Gasteiger partial charge in [-0.2, -0.15) is 0 Å². The number of benzene rings is 1. The highest BCUT2D eigenvalue weighted by atomic mass is 79.9. The highest BCUT2D eigenvalue weighted by Crippen LogP contribution is 2.65. The molecule has 26 heavy (non-hydrogen) atoms. The third-order valence-corrected chi connectivity index (χ3v) is 7.35. The normalized spacial score (nSPS) is 34.6. The SMILES string of the molecule is COc1cc(C(C)=O)ccc1OC(=O)CC12CC3CC(CC(Br)(C3)C1)C2. The number of rotatable bonds is 5. The molecule has 0 saturated heterocycles. The van der Waals surface area contributed by atoms with Crippen molar-refractivity contribution in [2.75, 3.05) is 7.11 Å². The van der Waals surface area contributed by atoms with Crippen LogP contribution in [-0.2, 0) is 4.79 Å². The predicted molar refractivity (Wildman–Crippen MR) is 102 cm³/mol. The summed E-state index contributed by atoms with van der Waals surface area (Å²) in [5.41, 5.74) is 0.626. The van der Waals surface area contributed by atoms with Crippen molar-refractivity contribution in [3.8, 4) is 11.5 Å². The summed E-state index contributed by atoms with van der Waals surface area (Å²) < 4.78 is 11.2. The van der Waals surface area contributed by atoms with Crippen LogP contribution < -0.4 is 9.47 Å². The molecular formula is C21H25BrO4. The lowest BCUT2D eigenvalue weighted by molar-refractivity contribution is -0.141. The molecule has 0 heterocycles. The molecule has 0 aromatic heterocycles. The van der Waals surface area contributed by atoms with Crippen LogP contribution in [0, 0.1) is 17.3 Å². The van der Waals surface area contributed by atoms with Gasteiger partial charge in [0.2, 0.25) is 0 Å². The van der Waals surface area contributed by atoms with E-state index in [2.05, 4.69) is 15.9 Å². The van der Waals surface area contributed by atoms with E-state index in [0.717, 1.165) is 31.1 Å². The van der Waals surface area contributed by atoms with E-state index >= 15 is 0 Å². The Morgan fingerprint density at radius 1 is 1.15 bits per heavy atom. The Labute approximate surface area is 162 Å². The van der Waals surface area contributed by atoms with Crippen LogP contribution in [-0.4, -0.2) is 23.2 Å². The Kier molecular flexibility index (Phi) is 4.41. The minimum Gasteiger partial charge on any atom is -0.493 e. The fourth-order valence-electron chi connectivity index (χ4n) is 5.98. The third-order valence-electron chi connectivity index (χ3n) is 6.42. The summed E-state index contributed by atoms with van der Waals surface area (Å²) in [6, 6.07) is 4.95. The molecule has 2 atom stereocenters. The maximum atomic E-state index is 12.7. The Balaban J connectivity index is 1.49. The molecule has 4 nitrogen and oxygen atoms in total. The molecule has 0 N–H and O–H groups in total. The fraction of sp³-hybridized carbons (Fsp3) is 0.619. The van der Waals surface area contributed by atoms with Gasteiger partial charge in [-0.3, -0.25) is 9.59 Å². The molecule has 0 amide bonds. The lowest BCUT2D eigenvalue weighted by Gasteiger charge is -2.60. The van der Waals surface area contributed by atoms with E-state index in [1.165, 1.54) is 33.3 Å². The van der Waals surface area contributed by atoms with Crippen molar-refractivity contribution in [2.24, 2.45) is 17.3 Å². The minimum absolute atomic E-state index is 0.0441. The van der Waals surface area contributed by atoms with Gasteiger partial charge in [0.1, 0.15) is 0 Å². The predicted octanol–water partition coefficient (Wildman–Crippen LogP) is 4.93. The molecule has 140 valence electrons. The molecule has 1 aromatic rings. The zero-order chi connectivity index (χ0) is 18.5. The average molecular weight is 421 g/mol. The Hall–Kier alpha value is -1.36. The fourth-order valence-corrected chi connectivity index (χ4v) is 7.49. The first kappa shape index (κ1) is 18.0. The summed E-state index contributed by atoms with van der Waals surface area (Å²) in [4.78, 5) is 24.3. The van der Waals surface area contributed by atoms with Crippen molar-refractivity contribution in [2.45, 2.75) is 56.2 Å². The summed E-state index contributed by atoms with van der Waals surface area (Å²) in [6.07, 6.45) is 7.65. The molecular weight excluding hydrogens is 396 g/mol. The van der Waals surface area contributed by atoms with Crippen LogP contribution in [0.25, 0.3) is 0 Å². The monoisotopic (exact) mass is 420 g/mol. The molecule has 0 aliphatic heterocycles. The standard InChI is InChI=1S/C21H25BrO4/c1-13(23)16-3-4-17(18(6-16)25-2)26-19(24)11-20-7-14-5-15(8-20)10-21(22,9-14)12-20/h3-4,6,14-15H,5,7-12H2,1-2H3. The number of Topliss-reactive ketones (excluding diaryl/α,β-unsaturated/α-hetero) is 1. The van der Waals surface area contributed by atoms with E-state index in [4.69, 9.17) is 9.47 Å². The maximum absolute atomic E-state index is 12.7. The lowest BCUT2D eigenvalue weighted by atomic mass is 9.49. The first-order valence-corrected chi connectivity index (χ1v) is 10.2. The Bertz CT molecular complexity index is 742. The molecule has 0 radical (unpaired) electrons. The number of carbonyl (C=O) groups excluding carboxylic acids is 2. The molecule has 4 aliphatic carbocycles. The number of ether oxygens (including phenoxy) is 2. The van der Waals surface area contributed by atoms with Crippen molar-refractivity contribution >= 4 is 27.7 Å². The van der Waals surface area contributed by atoms with Gasteiger partial charge < -0.3 is 9.47 Å². The van der Waals surface area contributed by atoms with Crippen LogP contribution >= 0.6 is 15.9 Å². The van der Waals surface area contributed by atoms with Gasteiger partial charge in [0, 0.05) is 9.89 Å². The number of hydrogen-bond donors (Lipinski definition) is 0. The van der Waals surface area contributed by atoms with Crippen LogP contribution in [0.2, 0.25) is 0 Å². The maximum Gasteiger partial charge on any atom is 0.311 e. The molecule has 4 aliphatic rings. The molecule has 4 bridgehead atoms. The highest BCUT2D eigenvalue weighted by molar-refractivity contribution is 9.10. The first-order valence-electron chi connectivity index (χ1n) is 9.38. The van der Waals surface area contributed by atoms with Crippen LogP contribution in [0.15, 0.2) is 18.2 Å². The number of methoxy groups -OCH3 is 1. The van der Waals surface area contributed by atoms with Crippen molar-refractivity contribution < 1.29 is 19.1 Å². The molecule has 4 fully saturated rings. The molecule has 1 aromatic carbocycles. The zero-order valence-corrected chi connectivity index (χ0v) is 16.9. The number of esters is 1. The van der Waals surface area contributed by atoms with E-state index < -0.39 is 0 Å². The quantitative estimate of drug-likeness (QED) is 0.293. The lowest BCUT2D eigenvalue weighted by Crippen LogP contribution is -2.53. The summed E-state index contributed by atoms with van der Waals surface area (Å²) >= 11 is 3.99. The van der Waals surface area contributed by atoms with Gasteiger partial charge in [-0.1, -0.05) is 15.9 Å². The molecule has 4 saturated carbocycles. The number of halogens is 1.